The molecule has 3 N–H and O–H groups in total. The molecule has 0 aromatic carbocycles. The second kappa shape index (κ2) is 7.75. The summed E-state index contributed by atoms with van der Waals surface area (Å²) in [6.07, 6.45) is 1.91. The topological polar surface area (TPSA) is 89.9 Å². The first-order chi connectivity index (χ1) is 9.83. The fourth-order valence-electron chi connectivity index (χ4n) is 2.82. The summed E-state index contributed by atoms with van der Waals surface area (Å²) in [6, 6.07) is -0.342. The SMILES string of the molecule is CCN(CC)C(=O)C(C)NCC1(O)CCC(C(=O)O)CC1. The molecular weight excluding hydrogens is 272 g/mol. The quantitative estimate of drug-likeness (QED) is 0.648. The van der Waals surface area contributed by atoms with Crippen molar-refractivity contribution in [3.8, 4) is 0 Å². The third-order valence-electron chi connectivity index (χ3n) is 4.45. The molecule has 0 heterocycles. The average Bonchev–Trinajstić information content (AvgIpc) is 2.46. The summed E-state index contributed by atoms with van der Waals surface area (Å²) in [5, 5.41) is 22.5. The zero-order valence-corrected chi connectivity index (χ0v) is 13.3. The van der Waals surface area contributed by atoms with E-state index in [2.05, 4.69) is 5.32 Å². The van der Waals surface area contributed by atoms with Crippen LogP contribution in [0.5, 0.6) is 0 Å². The number of likely N-dealkylation sites (N-methyl/N-ethyl adjacent to an activating group) is 1. The third-order valence-corrected chi connectivity index (χ3v) is 4.45. The van der Waals surface area contributed by atoms with Crippen LogP contribution in [0.15, 0.2) is 0 Å². The molecule has 0 aromatic heterocycles. The molecule has 0 bridgehead atoms. The van der Waals surface area contributed by atoms with Gasteiger partial charge in [0.25, 0.3) is 0 Å². The van der Waals surface area contributed by atoms with Crippen LogP contribution < -0.4 is 5.32 Å². The van der Waals surface area contributed by atoms with Crippen LogP contribution in [0, 0.1) is 5.92 Å². The summed E-state index contributed by atoms with van der Waals surface area (Å²) >= 11 is 0. The number of rotatable bonds is 7. The highest BCUT2D eigenvalue weighted by atomic mass is 16.4. The van der Waals surface area contributed by atoms with Crippen LogP contribution in [0.3, 0.4) is 0 Å². The van der Waals surface area contributed by atoms with Crippen molar-refractivity contribution < 1.29 is 19.8 Å². The van der Waals surface area contributed by atoms with Crippen molar-refractivity contribution in [2.24, 2.45) is 5.92 Å². The Balaban J connectivity index is 2.44. The molecule has 6 nitrogen and oxygen atoms in total. The molecule has 21 heavy (non-hydrogen) atoms. The normalized spacial score (nSPS) is 27.1. The van der Waals surface area contributed by atoms with E-state index in [4.69, 9.17) is 5.11 Å². The molecule has 1 rings (SSSR count). The Morgan fingerprint density at radius 3 is 2.24 bits per heavy atom. The van der Waals surface area contributed by atoms with E-state index in [9.17, 15) is 14.7 Å². The Bertz CT molecular complexity index is 361. The van der Waals surface area contributed by atoms with Gasteiger partial charge < -0.3 is 20.4 Å². The van der Waals surface area contributed by atoms with Crippen LogP contribution in [0.4, 0.5) is 0 Å². The van der Waals surface area contributed by atoms with Crippen molar-refractivity contribution in [1.29, 1.82) is 0 Å². The summed E-state index contributed by atoms with van der Waals surface area (Å²) in [5.41, 5.74) is -0.899. The molecule has 1 aliphatic carbocycles. The Labute approximate surface area is 126 Å². The number of hydrogen-bond acceptors (Lipinski definition) is 4. The molecule has 1 amide bonds. The van der Waals surface area contributed by atoms with Gasteiger partial charge >= 0.3 is 5.97 Å². The molecule has 0 spiro atoms. The lowest BCUT2D eigenvalue weighted by molar-refractivity contribution is -0.144. The van der Waals surface area contributed by atoms with Gasteiger partial charge in [0.2, 0.25) is 5.91 Å². The molecule has 0 aromatic rings. The Morgan fingerprint density at radius 2 is 1.81 bits per heavy atom. The van der Waals surface area contributed by atoms with Crippen molar-refractivity contribution >= 4 is 11.9 Å². The van der Waals surface area contributed by atoms with E-state index >= 15 is 0 Å². The first-order valence-corrected chi connectivity index (χ1v) is 7.80. The maximum absolute atomic E-state index is 12.1. The Kier molecular flexibility index (Phi) is 6.61. The van der Waals surface area contributed by atoms with Gasteiger partial charge in [-0.15, -0.1) is 0 Å². The molecule has 1 aliphatic rings. The van der Waals surface area contributed by atoms with E-state index in [1.54, 1.807) is 11.8 Å². The lowest BCUT2D eigenvalue weighted by atomic mass is 9.78. The standard InChI is InChI=1S/C15H28N2O4/c1-4-17(5-2)13(18)11(3)16-10-15(21)8-6-12(7-9-15)14(19)20/h11-12,16,21H,4-10H2,1-3H3,(H,19,20). The highest BCUT2D eigenvalue weighted by Gasteiger charge is 2.36. The summed E-state index contributed by atoms with van der Waals surface area (Å²) in [6.45, 7) is 7.35. The van der Waals surface area contributed by atoms with Crippen LogP contribution in [0.25, 0.3) is 0 Å². The van der Waals surface area contributed by atoms with Crippen LogP contribution in [0.2, 0.25) is 0 Å². The van der Waals surface area contributed by atoms with Gasteiger partial charge in [0.1, 0.15) is 0 Å². The van der Waals surface area contributed by atoms with E-state index in [1.165, 1.54) is 0 Å². The minimum atomic E-state index is -0.899. The minimum Gasteiger partial charge on any atom is -0.481 e. The van der Waals surface area contributed by atoms with Gasteiger partial charge in [0.05, 0.1) is 17.6 Å². The zero-order chi connectivity index (χ0) is 16.0. The number of nitrogens with one attached hydrogen (secondary N) is 1. The first kappa shape index (κ1) is 17.9. The van der Waals surface area contributed by atoms with Crippen LogP contribution >= 0.6 is 0 Å². The van der Waals surface area contributed by atoms with E-state index in [1.807, 2.05) is 13.8 Å². The largest absolute Gasteiger partial charge is 0.481 e. The fourth-order valence-corrected chi connectivity index (χ4v) is 2.82. The number of carbonyl (C=O) groups excluding carboxylic acids is 1. The summed E-state index contributed by atoms with van der Waals surface area (Å²) in [4.78, 5) is 24.8. The van der Waals surface area contributed by atoms with Crippen LogP contribution in [0.1, 0.15) is 46.5 Å². The van der Waals surface area contributed by atoms with Crippen molar-refractivity contribution in [2.45, 2.75) is 58.1 Å². The second-order valence-corrected chi connectivity index (χ2v) is 5.95. The monoisotopic (exact) mass is 300 g/mol. The van der Waals surface area contributed by atoms with Gasteiger partial charge in [-0.1, -0.05) is 0 Å². The molecule has 1 unspecified atom stereocenters. The molecular formula is C15H28N2O4. The van der Waals surface area contributed by atoms with Crippen molar-refractivity contribution in [3.05, 3.63) is 0 Å². The van der Waals surface area contributed by atoms with Crippen molar-refractivity contribution in [1.82, 2.24) is 10.2 Å². The van der Waals surface area contributed by atoms with Gasteiger partial charge in [-0.25, -0.2) is 0 Å². The van der Waals surface area contributed by atoms with Gasteiger partial charge in [-0.2, -0.15) is 0 Å². The van der Waals surface area contributed by atoms with Crippen molar-refractivity contribution in [3.63, 3.8) is 0 Å². The number of carboxylic acid groups (broad SMARTS) is 1. The lowest BCUT2D eigenvalue weighted by Crippen LogP contribution is -2.51. The summed E-state index contributed by atoms with van der Waals surface area (Å²) in [5.74, 6) is -1.10. The predicted molar refractivity (Wildman–Crippen MR) is 79.9 cm³/mol. The summed E-state index contributed by atoms with van der Waals surface area (Å²) < 4.78 is 0. The Hall–Kier alpha value is -1.14. The number of aliphatic hydroxyl groups is 1. The molecule has 0 aliphatic heterocycles. The molecule has 122 valence electrons. The zero-order valence-electron chi connectivity index (χ0n) is 13.3. The first-order valence-electron chi connectivity index (χ1n) is 7.80. The molecule has 1 atom stereocenters. The van der Waals surface area contributed by atoms with E-state index in [0.29, 0.717) is 45.3 Å². The fraction of sp³-hybridized carbons (Fsp3) is 0.867. The van der Waals surface area contributed by atoms with Crippen LogP contribution in [-0.2, 0) is 9.59 Å². The third kappa shape index (κ3) is 4.97. The highest BCUT2D eigenvalue weighted by molar-refractivity contribution is 5.81. The van der Waals surface area contributed by atoms with Crippen LogP contribution in [-0.4, -0.2) is 58.3 Å². The molecule has 6 heteroatoms. The highest BCUT2D eigenvalue weighted by Crippen LogP contribution is 2.31. The molecule has 0 radical (unpaired) electrons. The van der Waals surface area contributed by atoms with E-state index in [-0.39, 0.29) is 17.9 Å². The number of amides is 1. The maximum Gasteiger partial charge on any atom is 0.306 e. The predicted octanol–water partition coefficient (Wildman–Crippen LogP) is 0.839. The van der Waals surface area contributed by atoms with Crippen molar-refractivity contribution in [2.75, 3.05) is 19.6 Å². The van der Waals surface area contributed by atoms with Gasteiger partial charge in [-0.05, 0) is 46.5 Å². The maximum atomic E-state index is 12.1. The Morgan fingerprint density at radius 1 is 1.29 bits per heavy atom. The van der Waals surface area contributed by atoms with Gasteiger partial charge in [0, 0.05) is 19.6 Å². The van der Waals surface area contributed by atoms with E-state index in [0.717, 1.165) is 0 Å². The van der Waals surface area contributed by atoms with E-state index < -0.39 is 11.6 Å². The number of nitrogens with zero attached hydrogens (tertiary/aromatic N) is 1. The minimum absolute atomic E-state index is 0.0304. The number of carboxylic acids is 1. The number of aliphatic carboxylic acids is 1. The summed E-state index contributed by atoms with van der Waals surface area (Å²) in [7, 11) is 0. The number of carbonyl (C=O) groups is 2. The lowest BCUT2D eigenvalue weighted by Gasteiger charge is -2.36. The molecule has 0 saturated heterocycles. The second-order valence-electron chi connectivity index (χ2n) is 5.95. The van der Waals surface area contributed by atoms with Gasteiger partial charge in [0.15, 0.2) is 0 Å². The number of hydrogen-bond donors (Lipinski definition) is 3. The average molecular weight is 300 g/mol. The molecule has 1 fully saturated rings. The molecule has 1 saturated carbocycles. The smallest absolute Gasteiger partial charge is 0.306 e. The van der Waals surface area contributed by atoms with Gasteiger partial charge in [-0.3, -0.25) is 9.59 Å².